The van der Waals surface area contributed by atoms with Crippen LogP contribution in [0.15, 0.2) is 30.3 Å². The first-order valence-electron chi connectivity index (χ1n) is 7.72. The molecular formula is C17H26N2O2. The highest BCUT2D eigenvalue weighted by atomic mass is 16.5. The molecule has 2 atom stereocenters. The van der Waals surface area contributed by atoms with Gasteiger partial charge in [-0.2, -0.15) is 0 Å². The van der Waals surface area contributed by atoms with E-state index >= 15 is 0 Å². The molecule has 0 unspecified atom stereocenters. The van der Waals surface area contributed by atoms with Crippen molar-refractivity contribution in [3.8, 4) is 0 Å². The van der Waals surface area contributed by atoms with Crippen LogP contribution in [-0.2, 0) is 16.0 Å². The molecule has 1 fully saturated rings. The van der Waals surface area contributed by atoms with Gasteiger partial charge in [-0.15, -0.1) is 0 Å². The minimum atomic E-state index is 0.105. The van der Waals surface area contributed by atoms with E-state index in [1.165, 1.54) is 5.56 Å². The Morgan fingerprint density at radius 3 is 2.76 bits per heavy atom. The molecule has 1 aromatic rings. The lowest BCUT2D eigenvalue weighted by Gasteiger charge is -2.15. The van der Waals surface area contributed by atoms with Crippen LogP contribution in [0.25, 0.3) is 0 Å². The number of hydrogen-bond acceptors (Lipinski definition) is 3. The Hall–Kier alpha value is -1.39. The molecule has 0 aromatic heterocycles. The van der Waals surface area contributed by atoms with Crippen LogP contribution in [0.2, 0.25) is 0 Å². The zero-order valence-electron chi connectivity index (χ0n) is 13.0. The molecule has 1 aromatic carbocycles. The number of ether oxygens (including phenoxy) is 1. The molecule has 1 heterocycles. The van der Waals surface area contributed by atoms with E-state index in [0.717, 1.165) is 32.5 Å². The molecule has 1 amide bonds. The van der Waals surface area contributed by atoms with Crippen LogP contribution in [-0.4, -0.2) is 50.7 Å². The van der Waals surface area contributed by atoms with Crippen molar-refractivity contribution in [2.24, 2.45) is 5.92 Å². The Morgan fingerprint density at radius 2 is 2.10 bits per heavy atom. The molecule has 0 aliphatic carbocycles. The van der Waals surface area contributed by atoms with Crippen LogP contribution in [0.3, 0.4) is 0 Å². The van der Waals surface area contributed by atoms with Gasteiger partial charge in [0.05, 0.1) is 6.10 Å². The van der Waals surface area contributed by atoms with Crippen molar-refractivity contribution in [2.45, 2.75) is 25.4 Å². The lowest BCUT2D eigenvalue weighted by molar-refractivity contribution is -0.122. The van der Waals surface area contributed by atoms with Gasteiger partial charge in [-0.1, -0.05) is 30.3 Å². The van der Waals surface area contributed by atoms with Crippen LogP contribution in [0.4, 0.5) is 0 Å². The largest absolute Gasteiger partial charge is 0.380 e. The van der Waals surface area contributed by atoms with E-state index in [-0.39, 0.29) is 12.0 Å². The second-order valence-corrected chi connectivity index (χ2v) is 5.76. The van der Waals surface area contributed by atoms with Gasteiger partial charge in [0.15, 0.2) is 0 Å². The highest BCUT2D eigenvalue weighted by Gasteiger charge is 2.33. The zero-order valence-corrected chi connectivity index (χ0v) is 13.0. The lowest BCUT2D eigenvalue weighted by Crippen LogP contribution is -2.28. The van der Waals surface area contributed by atoms with Crippen molar-refractivity contribution in [1.82, 2.24) is 10.2 Å². The highest BCUT2D eigenvalue weighted by molar-refractivity contribution is 5.75. The summed E-state index contributed by atoms with van der Waals surface area (Å²) < 4.78 is 5.54. The van der Waals surface area contributed by atoms with Crippen molar-refractivity contribution in [3.05, 3.63) is 35.9 Å². The third-order valence-electron chi connectivity index (χ3n) is 4.27. The summed E-state index contributed by atoms with van der Waals surface area (Å²) in [6, 6.07) is 10.6. The number of hydrogen-bond donors (Lipinski definition) is 1. The summed E-state index contributed by atoms with van der Waals surface area (Å²) in [7, 11) is 3.44. The number of aryl methyl sites for hydroxylation is 1. The van der Waals surface area contributed by atoms with E-state index in [9.17, 15) is 4.79 Å². The Balaban J connectivity index is 1.76. The monoisotopic (exact) mass is 290 g/mol. The normalized spacial score (nSPS) is 22.4. The van der Waals surface area contributed by atoms with Crippen molar-refractivity contribution < 1.29 is 9.53 Å². The van der Waals surface area contributed by atoms with Crippen molar-refractivity contribution in [3.63, 3.8) is 0 Å². The third kappa shape index (κ3) is 4.83. The van der Waals surface area contributed by atoms with E-state index in [1.54, 1.807) is 14.2 Å². The van der Waals surface area contributed by atoms with E-state index in [2.05, 4.69) is 40.5 Å². The van der Waals surface area contributed by atoms with Gasteiger partial charge >= 0.3 is 0 Å². The molecule has 1 N–H and O–H groups in total. The molecule has 0 bridgehead atoms. The molecule has 1 aliphatic heterocycles. The molecule has 4 heteroatoms. The summed E-state index contributed by atoms with van der Waals surface area (Å²) in [4.78, 5) is 14.0. The molecule has 0 spiro atoms. The molecule has 21 heavy (non-hydrogen) atoms. The van der Waals surface area contributed by atoms with E-state index in [1.807, 2.05) is 0 Å². The SMILES string of the molecule is CNC(=O)C[C@H]1CN(CCCc2ccccc2)C[C@@H]1OC. The molecule has 1 aliphatic rings. The van der Waals surface area contributed by atoms with Gasteiger partial charge in [0.2, 0.25) is 5.91 Å². The van der Waals surface area contributed by atoms with Crippen molar-refractivity contribution in [1.29, 1.82) is 0 Å². The highest BCUT2D eigenvalue weighted by Crippen LogP contribution is 2.23. The standard InChI is InChI=1S/C17H26N2O2/c1-18-17(20)11-15-12-19(13-16(15)21-2)10-6-9-14-7-4-3-5-8-14/h3-5,7-8,15-16H,6,9-13H2,1-2H3,(H,18,20)/t15-,16-/m0/s1. The van der Waals surface area contributed by atoms with Crippen LogP contribution >= 0.6 is 0 Å². The number of nitrogens with one attached hydrogen (secondary N) is 1. The molecule has 4 nitrogen and oxygen atoms in total. The van der Waals surface area contributed by atoms with Crippen LogP contribution < -0.4 is 5.32 Å². The number of likely N-dealkylation sites (tertiary alicyclic amines) is 1. The minimum Gasteiger partial charge on any atom is -0.380 e. The fraction of sp³-hybridized carbons (Fsp3) is 0.588. The number of carbonyl (C=O) groups is 1. The maximum atomic E-state index is 11.5. The van der Waals surface area contributed by atoms with Gasteiger partial charge < -0.3 is 15.0 Å². The van der Waals surface area contributed by atoms with Crippen LogP contribution in [0.1, 0.15) is 18.4 Å². The van der Waals surface area contributed by atoms with E-state index < -0.39 is 0 Å². The summed E-state index contributed by atoms with van der Waals surface area (Å²) in [6.07, 6.45) is 2.99. The summed E-state index contributed by atoms with van der Waals surface area (Å²) in [5.74, 6) is 0.417. The van der Waals surface area contributed by atoms with E-state index in [0.29, 0.717) is 12.3 Å². The van der Waals surface area contributed by atoms with Gasteiger partial charge in [-0.05, 0) is 24.9 Å². The first-order chi connectivity index (χ1) is 10.2. The predicted octanol–water partition coefficient (Wildman–Crippen LogP) is 1.70. The number of amides is 1. The molecule has 1 saturated heterocycles. The maximum Gasteiger partial charge on any atom is 0.220 e. The smallest absolute Gasteiger partial charge is 0.220 e. The second kappa shape index (κ2) is 8.15. The topological polar surface area (TPSA) is 41.6 Å². The number of benzene rings is 1. The van der Waals surface area contributed by atoms with Gasteiger partial charge in [0.1, 0.15) is 0 Å². The van der Waals surface area contributed by atoms with Crippen LogP contribution in [0, 0.1) is 5.92 Å². The first kappa shape index (κ1) is 16.0. The Labute approximate surface area is 127 Å². The lowest BCUT2D eigenvalue weighted by atomic mass is 10.0. The fourth-order valence-corrected chi connectivity index (χ4v) is 3.06. The fourth-order valence-electron chi connectivity index (χ4n) is 3.06. The summed E-state index contributed by atoms with van der Waals surface area (Å²) in [6.45, 7) is 2.96. The van der Waals surface area contributed by atoms with E-state index in [4.69, 9.17) is 4.74 Å². The van der Waals surface area contributed by atoms with Crippen LogP contribution in [0.5, 0.6) is 0 Å². The number of methoxy groups -OCH3 is 1. The van der Waals surface area contributed by atoms with Crippen molar-refractivity contribution in [2.75, 3.05) is 33.8 Å². The summed E-state index contributed by atoms with van der Waals surface area (Å²) in [5, 5.41) is 2.70. The maximum absolute atomic E-state index is 11.5. The Kier molecular flexibility index (Phi) is 6.21. The second-order valence-electron chi connectivity index (χ2n) is 5.76. The molecule has 0 saturated carbocycles. The summed E-state index contributed by atoms with van der Waals surface area (Å²) in [5.41, 5.74) is 1.39. The first-order valence-corrected chi connectivity index (χ1v) is 7.72. The summed E-state index contributed by atoms with van der Waals surface area (Å²) >= 11 is 0. The van der Waals surface area contributed by atoms with Gasteiger partial charge in [-0.25, -0.2) is 0 Å². The quantitative estimate of drug-likeness (QED) is 0.831. The van der Waals surface area contributed by atoms with Crippen molar-refractivity contribution >= 4 is 5.91 Å². The predicted molar refractivity (Wildman–Crippen MR) is 84.2 cm³/mol. The van der Waals surface area contributed by atoms with Gasteiger partial charge in [0, 0.05) is 39.6 Å². The molecular weight excluding hydrogens is 264 g/mol. The molecule has 0 radical (unpaired) electrons. The molecule has 116 valence electrons. The number of rotatable bonds is 7. The Morgan fingerprint density at radius 1 is 1.33 bits per heavy atom. The molecule has 2 rings (SSSR count). The van der Waals surface area contributed by atoms with Gasteiger partial charge in [0.25, 0.3) is 0 Å². The number of nitrogens with zero attached hydrogens (tertiary/aromatic N) is 1. The Bertz CT molecular complexity index is 436. The minimum absolute atomic E-state index is 0.105. The average molecular weight is 290 g/mol. The third-order valence-corrected chi connectivity index (χ3v) is 4.27. The zero-order chi connectivity index (χ0) is 15.1. The average Bonchev–Trinajstić information content (AvgIpc) is 2.90. The number of carbonyl (C=O) groups excluding carboxylic acids is 1. The van der Waals surface area contributed by atoms with Gasteiger partial charge in [-0.3, -0.25) is 4.79 Å².